The first-order valence-corrected chi connectivity index (χ1v) is 9.18. The third kappa shape index (κ3) is 11.8. The zero-order valence-electron chi connectivity index (χ0n) is 16.8. The van der Waals surface area contributed by atoms with Gasteiger partial charge in [-0.3, -0.25) is 48.9 Å². The number of hydrogen-bond donors (Lipinski definition) is 2. The highest BCUT2D eigenvalue weighted by molar-refractivity contribution is 7.79. The summed E-state index contributed by atoms with van der Waals surface area (Å²) in [7, 11) is -5.17. The molecule has 0 saturated carbocycles. The van der Waals surface area contributed by atoms with E-state index in [9.17, 15) is 40.5 Å². The van der Waals surface area contributed by atoms with Crippen LogP contribution in [0.4, 0.5) is 34.1 Å². The first-order chi connectivity index (χ1) is 16.1. The second kappa shape index (κ2) is 14.5. The molecule has 0 fully saturated rings. The van der Waals surface area contributed by atoms with Gasteiger partial charge < -0.3 is 14.6 Å². The lowest BCUT2D eigenvalue weighted by atomic mass is 10.2. The predicted molar refractivity (Wildman–Crippen MR) is 111 cm³/mol. The van der Waals surface area contributed by atoms with Gasteiger partial charge in [0.1, 0.15) is 0 Å². The Morgan fingerprint density at radius 3 is 1.14 bits per heavy atom. The number of nitro benzene ring substituents is 4. The van der Waals surface area contributed by atoms with Crippen molar-refractivity contribution < 1.29 is 42.7 Å². The zero-order valence-corrected chi connectivity index (χ0v) is 17.7. The summed E-state index contributed by atoms with van der Waals surface area (Å²) in [6, 6.07) is 5.81. The lowest BCUT2D eigenvalue weighted by molar-refractivity contribution is -0.393. The van der Waals surface area contributed by atoms with Crippen LogP contribution in [0.1, 0.15) is 0 Å². The van der Waals surface area contributed by atoms with E-state index in [1.807, 2.05) is 10.9 Å². The normalized spacial score (nSPS) is 9.11. The Morgan fingerprint density at radius 1 is 0.667 bits per heavy atom. The van der Waals surface area contributed by atoms with Crippen molar-refractivity contribution in [3.8, 4) is 0 Å². The Hall–Kier alpha value is -5.69. The number of hydrogen-bond acceptors (Lipinski definition) is 16. The van der Waals surface area contributed by atoms with Crippen LogP contribution < -0.4 is 10.9 Å². The van der Waals surface area contributed by atoms with Crippen molar-refractivity contribution in [2.45, 2.75) is 0 Å². The van der Waals surface area contributed by atoms with Gasteiger partial charge in [-0.15, -0.1) is 0 Å². The van der Waals surface area contributed by atoms with Crippen molar-refractivity contribution in [1.82, 2.24) is 0 Å². The Bertz CT molecular complexity index is 1240. The van der Waals surface area contributed by atoms with Crippen LogP contribution in [0.15, 0.2) is 36.4 Å². The fourth-order valence-corrected chi connectivity index (χ4v) is 1.87. The monoisotopic (exact) mass is 534 g/mol. The fourth-order valence-electron chi connectivity index (χ4n) is 1.87. The lowest BCUT2D eigenvalue weighted by Gasteiger charge is -2.06. The molecule has 2 aromatic carbocycles. The van der Waals surface area contributed by atoms with Crippen LogP contribution in [0.5, 0.6) is 0 Å². The number of anilines is 2. The van der Waals surface area contributed by atoms with E-state index in [1.54, 1.807) is 0 Å². The van der Waals surface area contributed by atoms with Crippen molar-refractivity contribution in [2.75, 3.05) is 10.9 Å². The van der Waals surface area contributed by atoms with Gasteiger partial charge >= 0.3 is 21.5 Å². The molecule has 0 bridgehead atoms. The maximum absolute atomic E-state index is 10.5. The molecule has 4 N–H and O–H groups in total. The van der Waals surface area contributed by atoms with Crippen LogP contribution in [0.25, 0.3) is 10.2 Å². The van der Waals surface area contributed by atoms with Crippen LogP contribution in [0, 0.1) is 51.2 Å². The standard InChI is InChI=1S/2C6H4N5O4.H2O4S.H2O/c2*7-9-8-5-2-1-4(10(12)13)3-6(5)11(14)15;1-5(2,3)4;/h2*1-3,8H;(H2,1,2,3,4);1H2/q2*+1;;/p-2. The maximum Gasteiger partial charge on any atom is 0.308 e. The third-order valence-corrected chi connectivity index (χ3v) is 3.12. The Balaban J connectivity index is 0. The number of rotatable bonds is 6. The topological polar surface area (TPSA) is 365 Å². The molecule has 23 nitrogen and oxygen atoms in total. The van der Waals surface area contributed by atoms with Gasteiger partial charge in [0.2, 0.25) is 0 Å². The number of diazo groups is 2. The summed E-state index contributed by atoms with van der Waals surface area (Å²) in [5, 5.41) is 63.0. The maximum atomic E-state index is 10.5. The predicted octanol–water partition coefficient (Wildman–Crippen LogP) is 1.20. The van der Waals surface area contributed by atoms with Gasteiger partial charge in [-0.2, -0.15) is 0 Å². The Morgan fingerprint density at radius 2 is 0.944 bits per heavy atom. The summed E-state index contributed by atoms with van der Waals surface area (Å²) in [4.78, 5) is 38.5. The molecule has 0 spiro atoms. The smallest absolute Gasteiger partial charge is 0.308 e. The van der Waals surface area contributed by atoms with Crippen molar-refractivity contribution in [1.29, 1.82) is 10.8 Å². The van der Waals surface area contributed by atoms with Crippen molar-refractivity contribution >= 4 is 44.5 Å². The Kier molecular flexibility index (Phi) is 13.0. The molecule has 24 heteroatoms. The third-order valence-electron chi connectivity index (χ3n) is 3.12. The van der Waals surface area contributed by atoms with Crippen molar-refractivity contribution in [2.24, 2.45) is 0 Å². The van der Waals surface area contributed by atoms with Crippen LogP contribution in [-0.2, 0) is 10.4 Å². The highest BCUT2D eigenvalue weighted by Crippen LogP contribution is 2.29. The SMILES string of the molecule is N#[N+]Nc1ccc([N+](=O)[O-])cc1[N+](=O)[O-].N#[N+]Nc1ccc([N+](=O)[O-])cc1[N+](=O)[O-].O.O=S(=O)([O-])[O-]. The molecule has 0 heterocycles. The second-order valence-electron chi connectivity index (χ2n) is 5.26. The van der Waals surface area contributed by atoms with E-state index in [0.717, 1.165) is 36.4 Å². The second-order valence-corrected chi connectivity index (χ2v) is 6.08. The number of nitrogens with zero attached hydrogens (tertiary/aromatic N) is 8. The zero-order chi connectivity index (χ0) is 27.3. The summed E-state index contributed by atoms with van der Waals surface area (Å²) in [6.45, 7) is 0. The minimum atomic E-state index is -5.17. The molecule has 0 unspecified atom stereocenters. The molecule has 2 aromatic rings. The molecular formula is C12H10N10O13S. The Labute approximate surface area is 196 Å². The summed E-state index contributed by atoms with van der Waals surface area (Å²) >= 11 is 0. The molecule has 2 rings (SSSR count). The summed E-state index contributed by atoms with van der Waals surface area (Å²) in [5.74, 6) is 0. The van der Waals surface area contributed by atoms with Crippen LogP contribution >= 0.6 is 0 Å². The van der Waals surface area contributed by atoms with Crippen molar-refractivity contribution in [3.05, 3.63) is 87.0 Å². The van der Waals surface area contributed by atoms with Gasteiger partial charge in [-0.1, -0.05) is 0 Å². The molecular weight excluding hydrogens is 524 g/mol. The molecule has 0 aliphatic carbocycles. The van der Waals surface area contributed by atoms with E-state index in [2.05, 4.69) is 10.2 Å². The summed E-state index contributed by atoms with van der Waals surface area (Å²) in [6.07, 6.45) is 0. The van der Waals surface area contributed by atoms with Gasteiger partial charge in [0, 0.05) is 22.5 Å². The lowest BCUT2D eigenvalue weighted by Crippen LogP contribution is -1.96. The van der Waals surface area contributed by atoms with E-state index in [-0.39, 0.29) is 16.9 Å². The first-order valence-electron chi connectivity index (χ1n) is 7.84. The van der Waals surface area contributed by atoms with E-state index in [4.69, 9.17) is 28.3 Å². The molecule has 0 aromatic heterocycles. The fraction of sp³-hybridized carbons (Fsp3) is 0. The molecule has 0 aliphatic rings. The average molecular weight is 534 g/mol. The van der Waals surface area contributed by atoms with Crippen molar-refractivity contribution in [3.63, 3.8) is 0 Å². The molecule has 0 atom stereocenters. The molecule has 0 saturated heterocycles. The largest absolute Gasteiger partial charge is 0.759 e. The summed E-state index contributed by atoms with van der Waals surface area (Å²) < 4.78 is 34.1. The van der Waals surface area contributed by atoms with E-state index >= 15 is 0 Å². The van der Waals surface area contributed by atoms with Crippen LogP contribution in [0.2, 0.25) is 0 Å². The van der Waals surface area contributed by atoms with E-state index < -0.39 is 52.8 Å². The quantitative estimate of drug-likeness (QED) is 0.173. The number of benzene rings is 2. The van der Waals surface area contributed by atoms with Crippen LogP contribution in [-0.4, -0.2) is 42.7 Å². The van der Waals surface area contributed by atoms with E-state index in [0.29, 0.717) is 0 Å². The molecule has 0 aliphatic heterocycles. The van der Waals surface area contributed by atoms with Gasteiger partial charge in [0.15, 0.2) is 11.4 Å². The number of non-ortho nitro benzene ring substituents is 2. The number of nitrogens with one attached hydrogen (secondary N) is 2. The number of nitro groups is 4. The van der Waals surface area contributed by atoms with E-state index in [1.165, 1.54) is 0 Å². The molecule has 0 radical (unpaired) electrons. The summed E-state index contributed by atoms with van der Waals surface area (Å²) in [5.41, 5.74) is 1.71. The molecule has 192 valence electrons. The van der Waals surface area contributed by atoms with Gasteiger partial charge in [-0.25, -0.2) is 0 Å². The average Bonchev–Trinajstić information content (AvgIpc) is 2.73. The van der Waals surface area contributed by atoms with Gasteiger partial charge in [0.05, 0.1) is 31.8 Å². The first kappa shape index (κ1) is 32.5. The van der Waals surface area contributed by atoms with Gasteiger partial charge in [0.25, 0.3) is 22.2 Å². The highest BCUT2D eigenvalue weighted by Gasteiger charge is 2.22. The highest BCUT2D eigenvalue weighted by atomic mass is 32.3. The minimum absolute atomic E-state index is 0. The minimum Gasteiger partial charge on any atom is -0.759 e. The molecule has 36 heavy (non-hydrogen) atoms. The molecule has 0 amide bonds. The van der Waals surface area contributed by atoms with Gasteiger partial charge in [-0.05, 0) is 23.0 Å². The van der Waals surface area contributed by atoms with Crippen LogP contribution in [0.3, 0.4) is 0 Å².